The van der Waals surface area contributed by atoms with Crippen LogP contribution in [-0.2, 0) is 17.1 Å². The average Bonchev–Trinajstić information content (AvgIpc) is 1.39. The molecule has 0 bridgehead atoms. The van der Waals surface area contributed by atoms with Crippen LogP contribution in [0.4, 0.5) is 0 Å². The van der Waals surface area contributed by atoms with Crippen molar-refractivity contribution in [1.29, 1.82) is 10.8 Å². The van der Waals surface area contributed by atoms with Crippen LogP contribution in [-0.4, -0.2) is 12.7 Å². The van der Waals surface area contributed by atoms with Crippen LogP contribution in [0, 0.1) is 10.8 Å². The maximum atomic E-state index is 5.74. The summed E-state index contributed by atoms with van der Waals surface area (Å²) in [7, 11) is 0. The van der Waals surface area contributed by atoms with Crippen molar-refractivity contribution in [3.05, 3.63) is 0 Å². The summed E-state index contributed by atoms with van der Waals surface area (Å²) < 4.78 is 0. The molecule has 0 aliphatic rings. The molecular weight excluding hydrogens is 136 g/mol. The van der Waals surface area contributed by atoms with Crippen molar-refractivity contribution in [2.75, 3.05) is 0 Å². The van der Waals surface area contributed by atoms with E-state index >= 15 is 0 Å². The molecule has 0 aliphatic heterocycles. The maximum Gasteiger partial charge on any atom is 2.00 e. The minimum atomic E-state index is 0. The topological polar surface area (TPSA) is 99.7 Å². The van der Waals surface area contributed by atoms with Crippen molar-refractivity contribution in [2.24, 2.45) is 11.5 Å². The van der Waals surface area contributed by atoms with Gasteiger partial charge in [-0.05, 0) is 0 Å². The third kappa shape index (κ3) is 224. The summed E-state index contributed by atoms with van der Waals surface area (Å²) in [5.41, 5.74) is 8.53. The molecule has 0 unspecified atom stereocenters. The SMILES string of the molecule is N=[C-]N.N=[C-]N.[Fe+2]. The van der Waals surface area contributed by atoms with Crippen molar-refractivity contribution in [3.8, 4) is 0 Å². The van der Waals surface area contributed by atoms with Crippen LogP contribution in [0.25, 0.3) is 0 Å². The zero-order chi connectivity index (χ0) is 5.41. The van der Waals surface area contributed by atoms with Crippen LogP contribution < -0.4 is 11.5 Å². The number of rotatable bonds is 0. The van der Waals surface area contributed by atoms with E-state index in [4.69, 9.17) is 10.8 Å². The van der Waals surface area contributed by atoms with Crippen LogP contribution in [0.2, 0.25) is 0 Å². The molecule has 0 atom stereocenters. The fourth-order valence-corrected chi connectivity index (χ4v) is 0. The van der Waals surface area contributed by atoms with E-state index in [0.29, 0.717) is 0 Å². The predicted molar refractivity (Wildman–Crippen MR) is 23.8 cm³/mol. The maximum absolute atomic E-state index is 5.74. The van der Waals surface area contributed by atoms with E-state index < -0.39 is 0 Å². The quantitative estimate of drug-likeness (QED) is 0.113. The molecule has 0 fully saturated rings. The Balaban J connectivity index is -0.0000000400. The van der Waals surface area contributed by atoms with Crippen LogP contribution in [0.1, 0.15) is 0 Å². The first kappa shape index (κ1) is 16.1. The molecule has 0 aromatic heterocycles. The fraction of sp³-hybridized carbons (Fsp3) is 0. The third-order valence-electron chi connectivity index (χ3n) is 0. The molecule has 0 aliphatic carbocycles. The molecule has 6 N–H and O–H groups in total. The van der Waals surface area contributed by atoms with E-state index in [1.54, 1.807) is 0 Å². The molecule has 0 rings (SSSR count). The van der Waals surface area contributed by atoms with Gasteiger partial charge in [0.2, 0.25) is 0 Å². The minimum absolute atomic E-state index is 0. The molecule has 0 aromatic carbocycles. The van der Waals surface area contributed by atoms with E-state index in [2.05, 4.69) is 11.5 Å². The van der Waals surface area contributed by atoms with E-state index in [-0.39, 0.29) is 17.1 Å². The first-order valence-corrected chi connectivity index (χ1v) is 1.08. The van der Waals surface area contributed by atoms with Gasteiger partial charge < -0.3 is 35.0 Å². The molecule has 0 heterocycles. The van der Waals surface area contributed by atoms with Crippen molar-refractivity contribution in [1.82, 2.24) is 0 Å². The summed E-state index contributed by atoms with van der Waals surface area (Å²) in [5, 5.41) is 11.5. The van der Waals surface area contributed by atoms with Gasteiger partial charge in [-0.25, -0.2) is 0 Å². The Morgan fingerprint density at radius 2 is 1.00 bits per heavy atom. The number of nitrogens with one attached hydrogen (secondary N) is 2. The molecule has 0 spiro atoms. The second kappa shape index (κ2) is 51.0. The van der Waals surface area contributed by atoms with E-state index in [1.807, 2.05) is 0 Å². The average molecular weight is 142 g/mol. The third-order valence-corrected chi connectivity index (χ3v) is 0. The summed E-state index contributed by atoms with van der Waals surface area (Å²) >= 11 is 0. The second-order valence-corrected chi connectivity index (χ2v) is 0.289. The van der Waals surface area contributed by atoms with Crippen LogP contribution in [0.15, 0.2) is 0 Å². The van der Waals surface area contributed by atoms with Gasteiger partial charge in [0.15, 0.2) is 0 Å². The smallest absolute Gasteiger partial charge is 0.563 e. The molecule has 5 heteroatoms. The Bertz CT molecular complexity index is 30.7. The standard InChI is InChI=1S/2CH3N2.Fe/c2*2-1-3;/h2*(H3,2,3);/q2*-1;+2. The number of hydrogen-bond donors (Lipinski definition) is 4. The normalized spacial score (nSPS) is 3.43. The van der Waals surface area contributed by atoms with Gasteiger partial charge in [0, 0.05) is 0 Å². The molecule has 0 aromatic rings. The van der Waals surface area contributed by atoms with E-state index in [0.717, 1.165) is 0 Å². The van der Waals surface area contributed by atoms with Crippen LogP contribution in [0.3, 0.4) is 0 Å². The van der Waals surface area contributed by atoms with Gasteiger partial charge >= 0.3 is 17.1 Å². The first-order valence-electron chi connectivity index (χ1n) is 1.08. The zero-order valence-electron chi connectivity index (χ0n) is 3.51. The van der Waals surface area contributed by atoms with Gasteiger partial charge in [-0.2, -0.15) is 0 Å². The van der Waals surface area contributed by atoms with Gasteiger partial charge in [-0.1, -0.05) is 0 Å². The van der Waals surface area contributed by atoms with Crippen LogP contribution >= 0.6 is 0 Å². The summed E-state index contributed by atoms with van der Waals surface area (Å²) in [6.45, 7) is 0. The van der Waals surface area contributed by atoms with Crippen molar-refractivity contribution in [3.63, 3.8) is 0 Å². The van der Waals surface area contributed by atoms with Crippen molar-refractivity contribution >= 4 is 12.7 Å². The summed E-state index contributed by atoms with van der Waals surface area (Å²) in [5.74, 6) is 0. The molecule has 0 amide bonds. The number of hydrogen-bond acceptors (Lipinski definition) is 2. The Hall–Kier alpha value is -0.541. The van der Waals surface area contributed by atoms with E-state index in [1.165, 1.54) is 12.7 Å². The van der Waals surface area contributed by atoms with Crippen LogP contribution in [0.5, 0.6) is 0 Å². The Morgan fingerprint density at radius 1 is 1.00 bits per heavy atom. The molecule has 0 saturated carbocycles. The van der Waals surface area contributed by atoms with Crippen molar-refractivity contribution < 1.29 is 17.1 Å². The van der Waals surface area contributed by atoms with Gasteiger partial charge in [0.1, 0.15) is 0 Å². The van der Waals surface area contributed by atoms with E-state index in [9.17, 15) is 0 Å². The minimum Gasteiger partial charge on any atom is -0.563 e. The van der Waals surface area contributed by atoms with Gasteiger partial charge in [0.05, 0.1) is 0 Å². The first-order chi connectivity index (χ1) is 2.83. The fourth-order valence-electron chi connectivity index (χ4n) is 0. The largest absolute Gasteiger partial charge is 2.00 e. The molecule has 0 radical (unpaired) electrons. The molecule has 42 valence electrons. The summed E-state index contributed by atoms with van der Waals surface area (Å²) in [6, 6.07) is 0. The summed E-state index contributed by atoms with van der Waals surface area (Å²) in [4.78, 5) is 0. The molecule has 4 nitrogen and oxygen atoms in total. The number of nitrogens with two attached hydrogens (primary N) is 2. The predicted octanol–water partition coefficient (Wildman–Crippen LogP) is -1.14. The second-order valence-electron chi connectivity index (χ2n) is 0.289. The Kier molecular flexibility index (Phi) is 117. The Labute approximate surface area is 52.8 Å². The van der Waals surface area contributed by atoms with Gasteiger partial charge in [0.25, 0.3) is 0 Å². The Morgan fingerprint density at radius 3 is 1.00 bits per heavy atom. The monoisotopic (exact) mass is 142 g/mol. The molecule has 0 saturated heterocycles. The summed E-state index contributed by atoms with van der Waals surface area (Å²) in [6.07, 6.45) is 3.00. The molecular formula is C2H6FeN4. The van der Waals surface area contributed by atoms with Gasteiger partial charge in [-0.3, -0.25) is 0 Å². The van der Waals surface area contributed by atoms with Gasteiger partial charge in [-0.15, -0.1) is 0 Å². The molecule has 7 heavy (non-hydrogen) atoms. The van der Waals surface area contributed by atoms with Crippen molar-refractivity contribution in [2.45, 2.75) is 0 Å². The zero-order valence-corrected chi connectivity index (χ0v) is 4.61.